The Bertz CT molecular complexity index is 267. The standard InChI is InChI=1S/C13H24N2O/c1-5-7-13(8-6-9-14-13)12(16)15(4)10-11(2)3/h14H,2,5-10H2,1,3-4H3. The van der Waals surface area contributed by atoms with E-state index < -0.39 is 0 Å². The Morgan fingerprint density at radius 2 is 2.25 bits per heavy atom. The van der Waals surface area contributed by atoms with Crippen molar-refractivity contribution in [2.45, 2.75) is 45.1 Å². The summed E-state index contributed by atoms with van der Waals surface area (Å²) in [6.45, 7) is 9.57. The van der Waals surface area contributed by atoms with Crippen LogP contribution in [0, 0.1) is 0 Å². The molecule has 0 aromatic heterocycles. The molecule has 0 saturated carbocycles. The van der Waals surface area contributed by atoms with E-state index in [0.717, 1.165) is 37.8 Å². The van der Waals surface area contributed by atoms with Crippen molar-refractivity contribution in [2.24, 2.45) is 0 Å². The summed E-state index contributed by atoms with van der Waals surface area (Å²) in [4.78, 5) is 14.2. The van der Waals surface area contributed by atoms with Gasteiger partial charge in [0.25, 0.3) is 0 Å². The molecule has 1 aliphatic rings. The maximum atomic E-state index is 12.4. The molecule has 0 spiro atoms. The molecule has 0 aliphatic carbocycles. The smallest absolute Gasteiger partial charge is 0.242 e. The van der Waals surface area contributed by atoms with E-state index >= 15 is 0 Å². The molecule has 0 aromatic carbocycles. The second kappa shape index (κ2) is 5.48. The molecule has 1 fully saturated rings. The number of nitrogens with zero attached hydrogens (tertiary/aromatic N) is 1. The predicted octanol–water partition coefficient (Wildman–Crippen LogP) is 1.94. The summed E-state index contributed by atoms with van der Waals surface area (Å²) in [7, 11) is 1.87. The molecule has 1 atom stereocenters. The summed E-state index contributed by atoms with van der Waals surface area (Å²) in [6.07, 6.45) is 4.05. The van der Waals surface area contributed by atoms with Gasteiger partial charge in [0.2, 0.25) is 5.91 Å². The number of carbonyl (C=O) groups is 1. The fourth-order valence-corrected chi connectivity index (χ4v) is 2.58. The van der Waals surface area contributed by atoms with Crippen LogP contribution in [0.5, 0.6) is 0 Å². The molecule has 1 aliphatic heterocycles. The molecule has 1 rings (SSSR count). The second-order valence-corrected chi connectivity index (χ2v) is 4.98. The third-order valence-electron chi connectivity index (χ3n) is 3.18. The van der Waals surface area contributed by atoms with E-state index in [1.165, 1.54) is 0 Å². The van der Waals surface area contributed by atoms with Crippen LogP contribution in [0.3, 0.4) is 0 Å². The summed E-state index contributed by atoms with van der Waals surface area (Å²) in [5.41, 5.74) is 0.736. The minimum Gasteiger partial charge on any atom is -0.340 e. The molecular formula is C13H24N2O. The minimum atomic E-state index is -0.293. The van der Waals surface area contributed by atoms with Crippen LogP contribution in [0.2, 0.25) is 0 Å². The normalized spacial score (nSPS) is 24.4. The van der Waals surface area contributed by atoms with E-state index in [9.17, 15) is 4.79 Å². The van der Waals surface area contributed by atoms with Crippen molar-refractivity contribution in [1.82, 2.24) is 10.2 Å². The fourth-order valence-electron chi connectivity index (χ4n) is 2.58. The molecular weight excluding hydrogens is 200 g/mol. The second-order valence-electron chi connectivity index (χ2n) is 4.98. The zero-order valence-corrected chi connectivity index (χ0v) is 10.8. The monoisotopic (exact) mass is 224 g/mol. The topological polar surface area (TPSA) is 32.3 Å². The number of rotatable bonds is 5. The van der Waals surface area contributed by atoms with Gasteiger partial charge in [0.15, 0.2) is 0 Å². The number of likely N-dealkylation sites (N-methyl/N-ethyl adjacent to an activating group) is 1. The Balaban J connectivity index is 2.71. The van der Waals surface area contributed by atoms with Crippen LogP contribution in [-0.2, 0) is 4.79 Å². The maximum absolute atomic E-state index is 12.4. The first-order valence-corrected chi connectivity index (χ1v) is 6.17. The number of carbonyl (C=O) groups excluding carboxylic acids is 1. The molecule has 16 heavy (non-hydrogen) atoms. The van der Waals surface area contributed by atoms with Gasteiger partial charge >= 0.3 is 0 Å². The molecule has 3 nitrogen and oxygen atoms in total. The van der Waals surface area contributed by atoms with Crippen LogP contribution < -0.4 is 5.32 Å². The van der Waals surface area contributed by atoms with Crippen LogP contribution >= 0.6 is 0 Å². The molecule has 92 valence electrons. The lowest BCUT2D eigenvalue weighted by molar-refractivity contribution is -0.136. The van der Waals surface area contributed by atoms with Gasteiger partial charge in [-0.25, -0.2) is 0 Å². The first-order valence-electron chi connectivity index (χ1n) is 6.17. The molecule has 1 N–H and O–H groups in total. The van der Waals surface area contributed by atoms with Gasteiger partial charge in [-0.2, -0.15) is 0 Å². The summed E-state index contributed by atoms with van der Waals surface area (Å²) in [6, 6.07) is 0. The zero-order chi connectivity index (χ0) is 12.2. The Morgan fingerprint density at radius 1 is 1.56 bits per heavy atom. The number of amides is 1. The number of hydrogen-bond donors (Lipinski definition) is 1. The third-order valence-corrected chi connectivity index (χ3v) is 3.18. The van der Waals surface area contributed by atoms with Crippen LogP contribution in [0.1, 0.15) is 39.5 Å². The van der Waals surface area contributed by atoms with Gasteiger partial charge in [0, 0.05) is 13.6 Å². The Kier molecular flexibility index (Phi) is 4.54. The molecule has 1 saturated heterocycles. The first-order chi connectivity index (χ1) is 7.52. The molecule has 1 heterocycles. The van der Waals surface area contributed by atoms with Crippen molar-refractivity contribution in [2.75, 3.05) is 20.1 Å². The van der Waals surface area contributed by atoms with Gasteiger partial charge in [0.05, 0.1) is 5.54 Å². The highest BCUT2D eigenvalue weighted by Gasteiger charge is 2.41. The first kappa shape index (κ1) is 13.2. The number of hydrogen-bond acceptors (Lipinski definition) is 2. The van der Waals surface area contributed by atoms with E-state index in [2.05, 4.69) is 18.8 Å². The van der Waals surface area contributed by atoms with Crippen LogP contribution in [0.15, 0.2) is 12.2 Å². The van der Waals surface area contributed by atoms with Crippen molar-refractivity contribution < 1.29 is 4.79 Å². The van der Waals surface area contributed by atoms with Crippen molar-refractivity contribution in [3.8, 4) is 0 Å². The zero-order valence-electron chi connectivity index (χ0n) is 10.8. The van der Waals surface area contributed by atoms with E-state index in [4.69, 9.17) is 0 Å². The Morgan fingerprint density at radius 3 is 2.69 bits per heavy atom. The lowest BCUT2D eigenvalue weighted by Crippen LogP contribution is -2.54. The fraction of sp³-hybridized carbons (Fsp3) is 0.769. The molecule has 0 aromatic rings. The highest BCUT2D eigenvalue weighted by molar-refractivity contribution is 5.86. The average Bonchev–Trinajstić information content (AvgIpc) is 2.66. The molecule has 0 radical (unpaired) electrons. The highest BCUT2D eigenvalue weighted by atomic mass is 16.2. The van der Waals surface area contributed by atoms with Crippen molar-refractivity contribution >= 4 is 5.91 Å². The largest absolute Gasteiger partial charge is 0.340 e. The summed E-state index contributed by atoms with van der Waals surface area (Å²) in [5.74, 6) is 0.231. The Hall–Kier alpha value is -0.830. The van der Waals surface area contributed by atoms with Crippen molar-refractivity contribution in [3.63, 3.8) is 0 Å². The van der Waals surface area contributed by atoms with Gasteiger partial charge in [-0.1, -0.05) is 25.5 Å². The van der Waals surface area contributed by atoms with Gasteiger partial charge < -0.3 is 10.2 Å². The number of nitrogens with one attached hydrogen (secondary N) is 1. The molecule has 1 amide bonds. The van der Waals surface area contributed by atoms with Crippen LogP contribution in [0.25, 0.3) is 0 Å². The highest BCUT2D eigenvalue weighted by Crippen LogP contribution is 2.26. The third kappa shape index (κ3) is 2.85. The quantitative estimate of drug-likeness (QED) is 0.724. The molecule has 3 heteroatoms. The SMILES string of the molecule is C=C(C)CN(C)C(=O)C1(CCC)CCCN1. The van der Waals surface area contributed by atoms with E-state index in [0.29, 0.717) is 6.54 Å². The van der Waals surface area contributed by atoms with E-state index in [-0.39, 0.29) is 11.4 Å². The summed E-state index contributed by atoms with van der Waals surface area (Å²) in [5, 5.41) is 3.40. The molecule has 0 bridgehead atoms. The van der Waals surface area contributed by atoms with Crippen molar-refractivity contribution in [3.05, 3.63) is 12.2 Å². The average molecular weight is 224 g/mol. The summed E-state index contributed by atoms with van der Waals surface area (Å²) < 4.78 is 0. The maximum Gasteiger partial charge on any atom is 0.242 e. The lowest BCUT2D eigenvalue weighted by Gasteiger charge is -2.32. The lowest BCUT2D eigenvalue weighted by atomic mass is 9.90. The van der Waals surface area contributed by atoms with Crippen LogP contribution in [-0.4, -0.2) is 36.5 Å². The molecule has 1 unspecified atom stereocenters. The van der Waals surface area contributed by atoms with Gasteiger partial charge in [0.1, 0.15) is 0 Å². The summed E-state index contributed by atoms with van der Waals surface area (Å²) >= 11 is 0. The predicted molar refractivity (Wildman–Crippen MR) is 67.3 cm³/mol. The van der Waals surface area contributed by atoms with E-state index in [1.54, 1.807) is 4.90 Å². The van der Waals surface area contributed by atoms with Crippen molar-refractivity contribution in [1.29, 1.82) is 0 Å². The van der Waals surface area contributed by atoms with Crippen LogP contribution in [0.4, 0.5) is 0 Å². The van der Waals surface area contributed by atoms with Gasteiger partial charge in [-0.3, -0.25) is 4.79 Å². The minimum absolute atomic E-state index is 0.231. The van der Waals surface area contributed by atoms with Gasteiger partial charge in [-0.05, 0) is 32.7 Å². The van der Waals surface area contributed by atoms with E-state index in [1.807, 2.05) is 14.0 Å². The van der Waals surface area contributed by atoms with Gasteiger partial charge in [-0.15, -0.1) is 0 Å². The Labute approximate surface area is 98.9 Å².